The van der Waals surface area contributed by atoms with Gasteiger partial charge in [-0.05, 0) is 38.5 Å². The van der Waals surface area contributed by atoms with Gasteiger partial charge in [0.1, 0.15) is 0 Å². The maximum absolute atomic E-state index is 4.63. The van der Waals surface area contributed by atoms with Crippen LogP contribution in [0.3, 0.4) is 0 Å². The molecule has 0 saturated heterocycles. The van der Waals surface area contributed by atoms with Crippen molar-refractivity contribution in [2.45, 2.75) is 26.3 Å². The van der Waals surface area contributed by atoms with E-state index >= 15 is 0 Å². The molecule has 1 aromatic heterocycles. The fourth-order valence-electron chi connectivity index (χ4n) is 2.56. The molecule has 0 saturated carbocycles. The van der Waals surface area contributed by atoms with Crippen LogP contribution in [0.25, 0.3) is 11.3 Å². The van der Waals surface area contributed by atoms with E-state index in [1.807, 2.05) is 37.3 Å². The summed E-state index contributed by atoms with van der Waals surface area (Å²) in [6.07, 6.45) is 9.24. The molecule has 122 valence electrons. The van der Waals surface area contributed by atoms with E-state index in [0.29, 0.717) is 5.95 Å². The molecule has 4 nitrogen and oxygen atoms in total. The van der Waals surface area contributed by atoms with Crippen LogP contribution in [0.4, 0.5) is 11.6 Å². The molecule has 0 aliphatic heterocycles. The van der Waals surface area contributed by atoms with Crippen molar-refractivity contribution in [2.24, 2.45) is 0 Å². The minimum absolute atomic E-state index is 0.242. The summed E-state index contributed by atoms with van der Waals surface area (Å²) in [6.45, 7) is 7.90. The molecule has 1 atom stereocenters. The standard InChI is InChI=1S/C20H22N4/c1-14(2)22-17-10-6-16(7-11-17)19-12-13-21-20(24-19)23-18-8-4-15(3)5-9-18/h4-8,10-13,18,22H,1,9H2,2-3H3,(H,21,23,24). The Labute approximate surface area is 143 Å². The SMILES string of the molecule is C=C(C)Nc1ccc(-c2ccnc(NC3C=CC(C)=CC3)n2)cc1. The molecule has 4 heteroatoms. The first-order valence-electron chi connectivity index (χ1n) is 8.08. The lowest BCUT2D eigenvalue weighted by Crippen LogP contribution is -2.19. The molecule has 1 aliphatic rings. The zero-order valence-electron chi connectivity index (χ0n) is 14.1. The van der Waals surface area contributed by atoms with Gasteiger partial charge in [0.15, 0.2) is 0 Å². The number of rotatable bonds is 5. The van der Waals surface area contributed by atoms with Gasteiger partial charge in [0.2, 0.25) is 5.95 Å². The van der Waals surface area contributed by atoms with E-state index in [1.54, 1.807) is 6.20 Å². The van der Waals surface area contributed by atoms with E-state index in [2.05, 4.69) is 52.3 Å². The highest BCUT2D eigenvalue weighted by Crippen LogP contribution is 2.21. The van der Waals surface area contributed by atoms with Crippen LogP contribution >= 0.6 is 0 Å². The van der Waals surface area contributed by atoms with Crippen molar-refractivity contribution in [1.82, 2.24) is 9.97 Å². The van der Waals surface area contributed by atoms with Gasteiger partial charge in [0, 0.05) is 23.1 Å². The summed E-state index contributed by atoms with van der Waals surface area (Å²) in [4.78, 5) is 8.97. The second-order valence-corrected chi connectivity index (χ2v) is 6.04. The van der Waals surface area contributed by atoms with Crippen molar-refractivity contribution in [2.75, 3.05) is 10.6 Å². The maximum Gasteiger partial charge on any atom is 0.223 e. The molecular formula is C20H22N4. The van der Waals surface area contributed by atoms with Crippen LogP contribution in [0, 0.1) is 0 Å². The second-order valence-electron chi connectivity index (χ2n) is 6.04. The topological polar surface area (TPSA) is 49.8 Å². The van der Waals surface area contributed by atoms with Crippen LogP contribution in [-0.4, -0.2) is 16.0 Å². The summed E-state index contributed by atoms with van der Waals surface area (Å²) in [5, 5.41) is 6.57. The van der Waals surface area contributed by atoms with Crippen LogP contribution < -0.4 is 10.6 Å². The van der Waals surface area contributed by atoms with Crippen LogP contribution in [0.15, 0.2) is 72.6 Å². The van der Waals surface area contributed by atoms with E-state index in [4.69, 9.17) is 0 Å². The molecule has 24 heavy (non-hydrogen) atoms. The lowest BCUT2D eigenvalue weighted by atomic mass is 10.0. The number of nitrogens with zero attached hydrogens (tertiary/aromatic N) is 2. The summed E-state index contributed by atoms with van der Waals surface area (Å²) in [7, 11) is 0. The molecule has 1 aliphatic carbocycles. The number of aromatic nitrogens is 2. The molecule has 2 aromatic rings. The van der Waals surface area contributed by atoms with Crippen LogP contribution in [0.2, 0.25) is 0 Å². The van der Waals surface area contributed by atoms with Gasteiger partial charge >= 0.3 is 0 Å². The minimum atomic E-state index is 0.242. The van der Waals surface area contributed by atoms with Gasteiger partial charge in [0.05, 0.1) is 11.7 Å². The number of hydrogen-bond donors (Lipinski definition) is 2. The Hall–Kier alpha value is -2.88. The average Bonchev–Trinajstić information content (AvgIpc) is 2.57. The first kappa shape index (κ1) is 16.0. The first-order valence-corrected chi connectivity index (χ1v) is 8.08. The predicted octanol–water partition coefficient (Wildman–Crippen LogP) is 4.78. The van der Waals surface area contributed by atoms with Gasteiger partial charge < -0.3 is 10.6 Å². The van der Waals surface area contributed by atoms with Crippen LogP contribution in [-0.2, 0) is 0 Å². The smallest absolute Gasteiger partial charge is 0.223 e. The monoisotopic (exact) mass is 318 g/mol. The molecule has 1 unspecified atom stereocenters. The number of benzene rings is 1. The molecule has 0 bridgehead atoms. The van der Waals surface area contributed by atoms with Gasteiger partial charge in [-0.15, -0.1) is 0 Å². The molecule has 1 heterocycles. The Balaban J connectivity index is 1.73. The Morgan fingerprint density at radius 3 is 2.67 bits per heavy atom. The highest BCUT2D eigenvalue weighted by Gasteiger charge is 2.09. The number of nitrogens with one attached hydrogen (secondary N) is 2. The highest BCUT2D eigenvalue weighted by molar-refractivity contribution is 5.64. The van der Waals surface area contributed by atoms with Crippen LogP contribution in [0.1, 0.15) is 20.3 Å². The third-order valence-electron chi connectivity index (χ3n) is 3.79. The third kappa shape index (κ3) is 4.10. The summed E-state index contributed by atoms with van der Waals surface area (Å²) in [6, 6.07) is 10.3. The normalized spacial score (nSPS) is 16.4. The van der Waals surface area contributed by atoms with Gasteiger partial charge in [-0.3, -0.25) is 0 Å². The molecule has 2 N–H and O–H groups in total. The molecule has 0 spiro atoms. The Morgan fingerprint density at radius 2 is 2.00 bits per heavy atom. The molecule has 0 amide bonds. The summed E-state index contributed by atoms with van der Waals surface area (Å²) in [5.41, 5.74) is 5.20. The van der Waals surface area contributed by atoms with E-state index in [-0.39, 0.29) is 6.04 Å². The number of anilines is 2. The van der Waals surface area contributed by atoms with Gasteiger partial charge in [-0.2, -0.15) is 0 Å². The van der Waals surface area contributed by atoms with E-state index in [0.717, 1.165) is 29.1 Å². The highest BCUT2D eigenvalue weighted by atomic mass is 15.1. The zero-order chi connectivity index (χ0) is 16.9. The number of allylic oxidation sites excluding steroid dienone is 3. The van der Waals surface area contributed by atoms with Crippen molar-refractivity contribution < 1.29 is 0 Å². The van der Waals surface area contributed by atoms with Crippen molar-refractivity contribution in [3.63, 3.8) is 0 Å². The van der Waals surface area contributed by atoms with Crippen molar-refractivity contribution in [1.29, 1.82) is 0 Å². The van der Waals surface area contributed by atoms with Crippen LogP contribution in [0.5, 0.6) is 0 Å². The molecule has 1 aromatic carbocycles. The predicted molar refractivity (Wildman–Crippen MR) is 101 cm³/mol. The summed E-state index contributed by atoms with van der Waals surface area (Å²) >= 11 is 0. The summed E-state index contributed by atoms with van der Waals surface area (Å²) in [5.74, 6) is 0.652. The second kappa shape index (κ2) is 7.13. The van der Waals surface area contributed by atoms with Crippen molar-refractivity contribution in [3.05, 3.63) is 72.6 Å². The maximum atomic E-state index is 4.63. The first-order chi connectivity index (χ1) is 11.6. The fraction of sp³-hybridized carbons (Fsp3) is 0.200. The van der Waals surface area contributed by atoms with E-state index < -0.39 is 0 Å². The molecule has 0 fully saturated rings. The average molecular weight is 318 g/mol. The molecule has 3 rings (SSSR count). The minimum Gasteiger partial charge on any atom is -0.360 e. The fourth-order valence-corrected chi connectivity index (χ4v) is 2.56. The largest absolute Gasteiger partial charge is 0.360 e. The Kier molecular flexibility index (Phi) is 4.75. The third-order valence-corrected chi connectivity index (χ3v) is 3.79. The zero-order valence-corrected chi connectivity index (χ0v) is 14.1. The van der Waals surface area contributed by atoms with Gasteiger partial charge in [0.25, 0.3) is 0 Å². The van der Waals surface area contributed by atoms with Gasteiger partial charge in [-0.1, -0.05) is 42.5 Å². The van der Waals surface area contributed by atoms with E-state index in [1.165, 1.54) is 5.57 Å². The van der Waals surface area contributed by atoms with Crippen molar-refractivity contribution in [3.8, 4) is 11.3 Å². The molecule has 0 radical (unpaired) electrons. The lowest BCUT2D eigenvalue weighted by Gasteiger charge is -2.17. The van der Waals surface area contributed by atoms with E-state index in [9.17, 15) is 0 Å². The summed E-state index contributed by atoms with van der Waals surface area (Å²) < 4.78 is 0. The quantitative estimate of drug-likeness (QED) is 0.833. The Bertz CT molecular complexity index is 788. The lowest BCUT2D eigenvalue weighted by molar-refractivity contribution is 0.855. The molecular weight excluding hydrogens is 296 g/mol. The van der Waals surface area contributed by atoms with Gasteiger partial charge in [-0.25, -0.2) is 9.97 Å². The Morgan fingerprint density at radius 1 is 1.21 bits per heavy atom. The van der Waals surface area contributed by atoms with Crippen molar-refractivity contribution >= 4 is 11.6 Å². The number of hydrogen-bond acceptors (Lipinski definition) is 4.